The number of hydrogen-bond donors (Lipinski definition) is 0. The summed E-state index contributed by atoms with van der Waals surface area (Å²) in [6, 6.07) is 0. The summed E-state index contributed by atoms with van der Waals surface area (Å²) in [5.74, 6) is -0.0593. The van der Waals surface area contributed by atoms with Gasteiger partial charge in [0, 0.05) is 27.5 Å². The molecule has 0 aliphatic carbocycles. The van der Waals surface area contributed by atoms with Crippen molar-refractivity contribution in [1.29, 1.82) is 0 Å². The molecule has 2 nitrogen and oxygen atoms in total. The Labute approximate surface area is 83.0 Å². The summed E-state index contributed by atoms with van der Waals surface area (Å²) in [5.41, 5.74) is 0. The first-order valence-electron chi connectivity index (χ1n) is 3.96. The van der Waals surface area contributed by atoms with Gasteiger partial charge in [0.25, 0.3) is 0 Å². The van der Waals surface area contributed by atoms with Crippen molar-refractivity contribution in [3.63, 3.8) is 0 Å². The van der Waals surface area contributed by atoms with E-state index in [-0.39, 0.29) is 27.0 Å². The van der Waals surface area contributed by atoms with E-state index in [1.165, 1.54) is 0 Å². The summed E-state index contributed by atoms with van der Waals surface area (Å²) in [6.45, 7) is 4.45. The molecule has 66 valence electrons. The molecule has 0 aliphatic rings. The van der Waals surface area contributed by atoms with Crippen LogP contribution in [0.1, 0.15) is 39.5 Å². The van der Waals surface area contributed by atoms with Crippen LogP contribution in [0.3, 0.4) is 0 Å². The summed E-state index contributed by atoms with van der Waals surface area (Å²) >= 11 is 0. The normalized spacial score (nSPS) is 8.55. The largest absolute Gasteiger partial charge is 0.466 e. The first-order valence-corrected chi connectivity index (χ1v) is 3.96. The van der Waals surface area contributed by atoms with Crippen LogP contribution in [0.25, 0.3) is 0 Å². The van der Waals surface area contributed by atoms with Crippen LogP contribution in [0.2, 0.25) is 0 Å². The Morgan fingerprint density at radius 2 is 1.91 bits per heavy atom. The first kappa shape index (κ1) is 13.7. The maximum atomic E-state index is 10.7. The minimum atomic E-state index is -0.0593. The number of carbonyl (C=O) groups excluding carboxylic acids is 1. The maximum absolute atomic E-state index is 10.7. The molecule has 0 rings (SSSR count). The van der Waals surface area contributed by atoms with Crippen molar-refractivity contribution in [3.8, 4) is 0 Å². The van der Waals surface area contributed by atoms with Gasteiger partial charge in [-0.3, -0.25) is 4.79 Å². The van der Waals surface area contributed by atoms with E-state index in [0.717, 1.165) is 19.3 Å². The van der Waals surface area contributed by atoms with Crippen molar-refractivity contribution in [3.05, 3.63) is 0 Å². The first-order chi connectivity index (χ1) is 4.81. The van der Waals surface area contributed by atoms with Crippen LogP contribution in [0, 0.1) is 0 Å². The number of unbranched alkanes of at least 4 members (excludes halogenated alkanes) is 2. The van der Waals surface area contributed by atoms with Gasteiger partial charge in [0.15, 0.2) is 0 Å². The van der Waals surface area contributed by atoms with Crippen LogP contribution < -0.4 is 0 Å². The summed E-state index contributed by atoms with van der Waals surface area (Å²) in [6.07, 6.45) is 3.83. The molecule has 0 N–H and O–H groups in total. The second-order valence-electron chi connectivity index (χ2n) is 2.26. The van der Waals surface area contributed by atoms with Gasteiger partial charge in [0.2, 0.25) is 0 Å². The molecule has 0 aliphatic heterocycles. The molecule has 3 heteroatoms. The standard InChI is InChI=1S/C8H16O2.W/c1-3-5-6-7-8(9)10-4-2;/h3-7H2,1-2H3;. The van der Waals surface area contributed by atoms with Crippen LogP contribution in [-0.2, 0) is 30.6 Å². The second kappa shape index (κ2) is 10.2. The zero-order valence-corrected chi connectivity index (χ0v) is 10.2. The molecule has 0 fully saturated rings. The predicted molar refractivity (Wildman–Crippen MR) is 40.8 cm³/mol. The SMILES string of the molecule is CCCCCC(=O)OCC.[W]. The summed E-state index contributed by atoms with van der Waals surface area (Å²) in [4.78, 5) is 10.7. The molecule has 11 heavy (non-hydrogen) atoms. The van der Waals surface area contributed by atoms with Gasteiger partial charge in [-0.15, -0.1) is 0 Å². The van der Waals surface area contributed by atoms with Gasteiger partial charge in [-0.25, -0.2) is 0 Å². The van der Waals surface area contributed by atoms with E-state index in [1.54, 1.807) is 0 Å². The molecule has 0 atom stereocenters. The van der Waals surface area contributed by atoms with Crippen molar-refractivity contribution in [2.45, 2.75) is 39.5 Å². The quantitative estimate of drug-likeness (QED) is 0.571. The number of carbonyl (C=O) groups is 1. The Morgan fingerprint density at radius 3 is 2.36 bits per heavy atom. The van der Waals surface area contributed by atoms with Crippen molar-refractivity contribution in [2.24, 2.45) is 0 Å². The molecule has 0 saturated heterocycles. The fraction of sp³-hybridized carbons (Fsp3) is 0.875. The molecule has 0 radical (unpaired) electrons. The fourth-order valence-corrected chi connectivity index (χ4v) is 0.752. The third-order valence-electron chi connectivity index (χ3n) is 1.29. The van der Waals surface area contributed by atoms with Gasteiger partial charge in [-0.05, 0) is 13.3 Å². The van der Waals surface area contributed by atoms with Crippen LogP contribution in [0.5, 0.6) is 0 Å². The van der Waals surface area contributed by atoms with Crippen LogP contribution in [0.15, 0.2) is 0 Å². The summed E-state index contributed by atoms with van der Waals surface area (Å²) in [5, 5.41) is 0. The Hall–Kier alpha value is 0.158. The maximum Gasteiger partial charge on any atom is 0.305 e. The minimum absolute atomic E-state index is 0. The van der Waals surface area contributed by atoms with Crippen molar-refractivity contribution in [2.75, 3.05) is 6.61 Å². The number of esters is 1. The number of ether oxygens (including phenoxy) is 1. The Kier molecular flexibility index (Phi) is 12.7. The third kappa shape index (κ3) is 10.2. The van der Waals surface area contributed by atoms with E-state index in [1.807, 2.05) is 6.92 Å². The van der Waals surface area contributed by atoms with Crippen molar-refractivity contribution >= 4 is 5.97 Å². The predicted octanol–water partition coefficient (Wildman–Crippen LogP) is 2.13. The van der Waals surface area contributed by atoms with Gasteiger partial charge >= 0.3 is 5.97 Å². The van der Waals surface area contributed by atoms with E-state index >= 15 is 0 Å². The van der Waals surface area contributed by atoms with Gasteiger partial charge < -0.3 is 4.74 Å². The number of hydrogen-bond acceptors (Lipinski definition) is 2. The second-order valence-corrected chi connectivity index (χ2v) is 2.26. The molecular weight excluding hydrogens is 312 g/mol. The molecule has 0 heterocycles. The van der Waals surface area contributed by atoms with E-state index in [9.17, 15) is 4.79 Å². The van der Waals surface area contributed by atoms with Gasteiger partial charge in [0.05, 0.1) is 6.61 Å². The van der Waals surface area contributed by atoms with Crippen LogP contribution in [0.4, 0.5) is 0 Å². The minimum Gasteiger partial charge on any atom is -0.466 e. The zero-order chi connectivity index (χ0) is 7.82. The monoisotopic (exact) mass is 328 g/mol. The molecular formula is C8H16O2W. The van der Waals surface area contributed by atoms with Gasteiger partial charge in [-0.2, -0.15) is 0 Å². The van der Waals surface area contributed by atoms with Gasteiger partial charge in [-0.1, -0.05) is 19.8 Å². The third-order valence-corrected chi connectivity index (χ3v) is 1.29. The molecule has 0 aromatic carbocycles. The Balaban J connectivity index is 0. The average molecular weight is 328 g/mol. The Bertz CT molecular complexity index is 94.1. The molecule has 0 unspecified atom stereocenters. The van der Waals surface area contributed by atoms with Crippen LogP contribution in [-0.4, -0.2) is 12.6 Å². The molecule has 0 amide bonds. The van der Waals surface area contributed by atoms with E-state index in [0.29, 0.717) is 13.0 Å². The fourth-order valence-electron chi connectivity index (χ4n) is 0.752. The summed E-state index contributed by atoms with van der Waals surface area (Å²) < 4.78 is 4.75. The number of rotatable bonds is 5. The smallest absolute Gasteiger partial charge is 0.305 e. The zero-order valence-electron chi connectivity index (χ0n) is 7.26. The van der Waals surface area contributed by atoms with E-state index in [2.05, 4.69) is 6.92 Å². The molecule has 0 saturated carbocycles. The van der Waals surface area contributed by atoms with Gasteiger partial charge in [0.1, 0.15) is 0 Å². The molecule has 0 aromatic heterocycles. The van der Waals surface area contributed by atoms with E-state index in [4.69, 9.17) is 4.74 Å². The molecule has 0 spiro atoms. The van der Waals surface area contributed by atoms with E-state index < -0.39 is 0 Å². The summed E-state index contributed by atoms with van der Waals surface area (Å²) in [7, 11) is 0. The average Bonchev–Trinajstić information content (AvgIpc) is 1.89. The molecule has 0 aromatic rings. The Morgan fingerprint density at radius 1 is 1.27 bits per heavy atom. The van der Waals surface area contributed by atoms with Crippen molar-refractivity contribution < 1.29 is 30.6 Å². The van der Waals surface area contributed by atoms with Crippen LogP contribution >= 0.6 is 0 Å². The topological polar surface area (TPSA) is 26.3 Å². The molecule has 0 bridgehead atoms. The van der Waals surface area contributed by atoms with Crippen molar-refractivity contribution in [1.82, 2.24) is 0 Å².